The maximum Gasteiger partial charge on any atom is 0.241 e. The van der Waals surface area contributed by atoms with Crippen LogP contribution in [0.5, 0.6) is 0 Å². The molecule has 0 saturated heterocycles. The average Bonchev–Trinajstić information content (AvgIpc) is 2.67. The van der Waals surface area contributed by atoms with Crippen molar-refractivity contribution in [3.8, 4) is 11.1 Å². The fourth-order valence-electron chi connectivity index (χ4n) is 2.14. The summed E-state index contributed by atoms with van der Waals surface area (Å²) in [6.07, 6.45) is 1.70. The van der Waals surface area contributed by atoms with E-state index in [0.29, 0.717) is 5.56 Å². The minimum absolute atomic E-state index is 0.274. The highest BCUT2D eigenvalue weighted by molar-refractivity contribution is 7.89. The van der Waals surface area contributed by atoms with E-state index in [0.717, 1.165) is 11.3 Å². The van der Waals surface area contributed by atoms with Gasteiger partial charge in [0.25, 0.3) is 0 Å². The highest BCUT2D eigenvalue weighted by Gasteiger charge is 2.25. The van der Waals surface area contributed by atoms with E-state index in [4.69, 9.17) is 0 Å². The van der Waals surface area contributed by atoms with Crippen LogP contribution in [0.1, 0.15) is 26.5 Å². The van der Waals surface area contributed by atoms with Crippen LogP contribution < -0.4 is 4.72 Å². The van der Waals surface area contributed by atoms with Crippen LogP contribution >= 0.6 is 0 Å². The Morgan fingerprint density at radius 3 is 2.29 bits per heavy atom. The van der Waals surface area contributed by atoms with E-state index in [1.54, 1.807) is 29.1 Å². The predicted molar refractivity (Wildman–Crippen MR) is 83.5 cm³/mol. The Bertz CT molecular complexity index is 755. The van der Waals surface area contributed by atoms with Gasteiger partial charge in [0, 0.05) is 29.4 Å². The molecule has 0 aliphatic heterocycles. The summed E-state index contributed by atoms with van der Waals surface area (Å²) in [5.74, 6) is 0. The van der Waals surface area contributed by atoms with E-state index >= 15 is 0 Å². The molecular formula is C15H21N3O2S. The molecule has 114 valence electrons. The normalized spacial score (nSPS) is 12.6. The van der Waals surface area contributed by atoms with Crippen LogP contribution in [0.15, 0.2) is 35.4 Å². The number of sulfonamides is 1. The SMILES string of the molecule is Cc1c(-c2ccccc2S(=O)(=O)NC(C)(C)C)cnn1C. The van der Waals surface area contributed by atoms with Crippen LogP contribution in [0.4, 0.5) is 0 Å². The summed E-state index contributed by atoms with van der Waals surface area (Å²) in [7, 11) is -1.75. The molecule has 0 amide bonds. The van der Waals surface area contributed by atoms with Crippen molar-refractivity contribution >= 4 is 10.0 Å². The van der Waals surface area contributed by atoms with E-state index in [1.807, 2.05) is 40.8 Å². The Morgan fingerprint density at radius 2 is 1.76 bits per heavy atom. The number of nitrogens with one attached hydrogen (secondary N) is 1. The summed E-state index contributed by atoms with van der Waals surface area (Å²) in [6, 6.07) is 6.99. The summed E-state index contributed by atoms with van der Waals surface area (Å²) in [5.41, 5.74) is 1.89. The van der Waals surface area contributed by atoms with Gasteiger partial charge in [0.1, 0.15) is 0 Å². The van der Waals surface area contributed by atoms with E-state index in [2.05, 4.69) is 9.82 Å². The maximum atomic E-state index is 12.6. The first kappa shape index (κ1) is 15.7. The summed E-state index contributed by atoms with van der Waals surface area (Å²) in [5, 5.41) is 4.19. The molecule has 2 rings (SSSR count). The second-order valence-electron chi connectivity index (χ2n) is 6.12. The first-order valence-electron chi connectivity index (χ1n) is 6.74. The molecule has 1 aromatic carbocycles. The molecule has 1 aromatic heterocycles. The summed E-state index contributed by atoms with van der Waals surface area (Å²) in [4.78, 5) is 0.274. The predicted octanol–water partition coefficient (Wildman–Crippen LogP) is 2.47. The number of aryl methyl sites for hydroxylation is 1. The summed E-state index contributed by atoms with van der Waals surface area (Å²) < 4.78 is 29.7. The minimum atomic E-state index is -3.59. The molecule has 2 aromatic rings. The molecule has 21 heavy (non-hydrogen) atoms. The van der Waals surface area contributed by atoms with Crippen molar-refractivity contribution < 1.29 is 8.42 Å². The topological polar surface area (TPSA) is 64.0 Å². The molecule has 1 heterocycles. The van der Waals surface area contributed by atoms with Gasteiger partial charge in [-0.2, -0.15) is 5.10 Å². The van der Waals surface area contributed by atoms with Crippen LogP contribution in [0.2, 0.25) is 0 Å². The Morgan fingerprint density at radius 1 is 1.14 bits per heavy atom. The van der Waals surface area contributed by atoms with Crippen molar-refractivity contribution in [2.75, 3.05) is 0 Å². The first-order chi connectivity index (χ1) is 9.62. The lowest BCUT2D eigenvalue weighted by molar-refractivity contribution is 0.491. The standard InChI is InChI=1S/C15H21N3O2S/c1-11-13(10-16-18(11)5)12-8-6-7-9-14(12)21(19,20)17-15(2,3)4/h6-10,17H,1-5H3. The third-order valence-corrected chi connectivity index (χ3v) is 4.96. The van der Waals surface area contributed by atoms with Gasteiger partial charge in [0.15, 0.2) is 0 Å². The van der Waals surface area contributed by atoms with Gasteiger partial charge in [-0.3, -0.25) is 4.68 Å². The summed E-state index contributed by atoms with van der Waals surface area (Å²) >= 11 is 0. The number of hydrogen-bond donors (Lipinski definition) is 1. The molecule has 0 bridgehead atoms. The van der Waals surface area contributed by atoms with E-state index in [-0.39, 0.29) is 4.90 Å². The Hall–Kier alpha value is -1.66. The number of nitrogens with zero attached hydrogens (tertiary/aromatic N) is 2. The molecule has 5 nitrogen and oxygen atoms in total. The van der Waals surface area contributed by atoms with Crippen molar-refractivity contribution in [3.63, 3.8) is 0 Å². The number of rotatable bonds is 3. The van der Waals surface area contributed by atoms with E-state index < -0.39 is 15.6 Å². The number of hydrogen-bond acceptors (Lipinski definition) is 3. The van der Waals surface area contributed by atoms with Crippen molar-refractivity contribution in [2.45, 2.75) is 38.1 Å². The second-order valence-corrected chi connectivity index (χ2v) is 7.77. The highest BCUT2D eigenvalue weighted by atomic mass is 32.2. The number of aromatic nitrogens is 2. The Kier molecular flexibility index (Phi) is 3.95. The molecule has 0 aliphatic rings. The Balaban J connectivity index is 2.60. The van der Waals surface area contributed by atoms with Gasteiger partial charge >= 0.3 is 0 Å². The van der Waals surface area contributed by atoms with E-state index in [9.17, 15) is 8.42 Å². The highest BCUT2D eigenvalue weighted by Crippen LogP contribution is 2.29. The quantitative estimate of drug-likeness (QED) is 0.947. The molecule has 0 unspecified atom stereocenters. The minimum Gasteiger partial charge on any atom is -0.272 e. The van der Waals surface area contributed by atoms with Gasteiger partial charge < -0.3 is 0 Å². The van der Waals surface area contributed by atoms with Crippen LogP contribution in [0.25, 0.3) is 11.1 Å². The lowest BCUT2D eigenvalue weighted by Crippen LogP contribution is -2.40. The molecule has 0 spiro atoms. The molecule has 0 fully saturated rings. The molecule has 1 N–H and O–H groups in total. The largest absolute Gasteiger partial charge is 0.272 e. The molecule has 0 saturated carbocycles. The van der Waals surface area contributed by atoms with Crippen molar-refractivity contribution in [3.05, 3.63) is 36.2 Å². The molecule has 0 aliphatic carbocycles. The van der Waals surface area contributed by atoms with E-state index in [1.165, 1.54) is 0 Å². The zero-order valence-corrected chi connectivity index (χ0v) is 13.8. The molecule has 0 atom stereocenters. The van der Waals surface area contributed by atoms with Crippen molar-refractivity contribution in [2.24, 2.45) is 7.05 Å². The molecule has 6 heteroatoms. The van der Waals surface area contributed by atoms with Crippen LogP contribution in [0.3, 0.4) is 0 Å². The number of benzene rings is 1. The van der Waals surface area contributed by atoms with Gasteiger partial charge in [-0.1, -0.05) is 18.2 Å². The third kappa shape index (κ3) is 3.33. The van der Waals surface area contributed by atoms with Crippen molar-refractivity contribution in [1.82, 2.24) is 14.5 Å². The lowest BCUT2D eigenvalue weighted by atomic mass is 10.1. The second kappa shape index (κ2) is 5.27. The Labute approximate surface area is 126 Å². The smallest absolute Gasteiger partial charge is 0.241 e. The average molecular weight is 307 g/mol. The zero-order valence-electron chi connectivity index (χ0n) is 13.0. The fraction of sp³-hybridized carbons (Fsp3) is 0.400. The van der Waals surface area contributed by atoms with Crippen LogP contribution in [0, 0.1) is 6.92 Å². The van der Waals surface area contributed by atoms with Crippen LogP contribution in [-0.4, -0.2) is 23.7 Å². The summed E-state index contributed by atoms with van der Waals surface area (Å²) in [6.45, 7) is 7.39. The van der Waals surface area contributed by atoms with Crippen molar-refractivity contribution in [1.29, 1.82) is 0 Å². The van der Waals surface area contributed by atoms with Gasteiger partial charge in [-0.15, -0.1) is 0 Å². The maximum absolute atomic E-state index is 12.6. The third-order valence-electron chi connectivity index (χ3n) is 3.14. The first-order valence-corrected chi connectivity index (χ1v) is 8.22. The molecule has 0 radical (unpaired) electrons. The van der Waals surface area contributed by atoms with Crippen LogP contribution in [-0.2, 0) is 17.1 Å². The monoisotopic (exact) mass is 307 g/mol. The van der Waals surface area contributed by atoms with Gasteiger partial charge in [0.2, 0.25) is 10.0 Å². The lowest BCUT2D eigenvalue weighted by Gasteiger charge is -2.21. The van der Waals surface area contributed by atoms with Gasteiger partial charge in [-0.25, -0.2) is 13.1 Å². The van der Waals surface area contributed by atoms with Gasteiger partial charge in [0.05, 0.1) is 11.1 Å². The zero-order chi connectivity index (χ0) is 15.8. The fourth-order valence-corrected chi connectivity index (χ4v) is 3.79. The molecular weight excluding hydrogens is 286 g/mol. The van der Waals surface area contributed by atoms with Gasteiger partial charge in [-0.05, 0) is 33.8 Å².